The number of hydrogen-bond acceptors (Lipinski definition) is 5. The summed E-state index contributed by atoms with van der Waals surface area (Å²) < 4.78 is 48.0. The first-order chi connectivity index (χ1) is 11.4. The summed E-state index contributed by atoms with van der Waals surface area (Å²) in [6.07, 6.45) is 0.830. The minimum Gasteiger partial charge on any atom is -0.377 e. The predicted molar refractivity (Wildman–Crippen MR) is 79.5 cm³/mol. The fraction of sp³-hybridized carbons (Fsp3) is 0.800. The topological polar surface area (TPSA) is 65.5 Å². The summed E-state index contributed by atoms with van der Waals surface area (Å²) in [5.41, 5.74) is 7.11. The lowest BCUT2D eigenvalue weighted by atomic mass is 9.89. The predicted octanol–water partition coefficient (Wildman–Crippen LogP) is 1.82. The lowest BCUT2D eigenvalue weighted by molar-refractivity contribution is -0.353. The first kappa shape index (κ1) is 16.2. The molecule has 1 aromatic heterocycles. The molecule has 3 fully saturated rings. The van der Waals surface area contributed by atoms with Gasteiger partial charge in [-0.3, -0.25) is 9.42 Å². The second-order valence-electron chi connectivity index (χ2n) is 6.97. The van der Waals surface area contributed by atoms with Crippen LogP contribution in [0.5, 0.6) is 0 Å². The molecule has 9 heteroatoms. The van der Waals surface area contributed by atoms with Crippen LogP contribution in [0.4, 0.5) is 18.9 Å². The smallest absolute Gasteiger partial charge is 0.377 e. The average molecular weight is 346 g/mol. The number of aromatic nitrogens is 2. The Morgan fingerprint density at radius 3 is 2.42 bits per heavy atom. The van der Waals surface area contributed by atoms with Gasteiger partial charge in [0, 0.05) is 12.2 Å². The molecule has 3 atom stereocenters. The molecule has 3 aliphatic rings. The number of piperidine rings is 1. The van der Waals surface area contributed by atoms with E-state index in [4.69, 9.17) is 10.5 Å². The maximum Gasteiger partial charge on any atom is 0.522 e. The first-order valence-corrected chi connectivity index (χ1v) is 8.29. The number of rotatable bonds is 3. The summed E-state index contributed by atoms with van der Waals surface area (Å²) in [6.45, 7) is 1.31. The van der Waals surface area contributed by atoms with E-state index in [1.807, 2.05) is 6.20 Å². The molecule has 2 saturated heterocycles. The molecular weight excluding hydrogens is 325 g/mol. The molecule has 1 aliphatic carbocycles. The second-order valence-corrected chi connectivity index (χ2v) is 6.97. The number of halogens is 3. The van der Waals surface area contributed by atoms with Crippen molar-refractivity contribution in [3.05, 3.63) is 12.4 Å². The van der Waals surface area contributed by atoms with Crippen molar-refractivity contribution in [3.63, 3.8) is 0 Å². The highest BCUT2D eigenvalue weighted by Crippen LogP contribution is 2.39. The summed E-state index contributed by atoms with van der Waals surface area (Å²) in [5.74, 6) is 0. The quantitative estimate of drug-likeness (QED) is 0.904. The molecule has 1 aromatic rings. The van der Waals surface area contributed by atoms with Gasteiger partial charge in [-0.05, 0) is 25.7 Å². The van der Waals surface area contributed by atoms with Crippen molar-refractivity contribution in [1.29, 1.82) is 0 Å². The van der Waals surface area contributed by atoms with E-state index in [9.17, 15) is 13.2 Å². The van der Waals surface area contributed by atoms with Crippen LogP contribution < -0.4 is 10.6 Å². The third kappa shape index (κ3) is 3.12. The normalized spacial score (nSPS) is 36.5. The third-order valence-electron chi connectivity index (χ3n) is 5.19. The number of ether oxygens (including phenoxy) is 2. The van der Waals surface area contributed by atoms with Crippen LogP contribution in [0.15, 0.2) is 12.4 Å². The highest BCUT2D eigenvalue weighted by atomic mass is 19.4. The molecule has 0 spiro atoms. The number of alkyl halides is 3. The van der Waals surface area contributed by atoms with Crippen molar-refractivity contribution in [2.45, 2.75) is 62.3 Å². The zero-order chi connectivity index (χ0) is 16.9. The van der Waals surface area contributed by atoms with Crippen LogP contribution >= 0.6 is 0 Å². The molecule has 134 valence electrons. The van der Waals surface area contributed by atoms with E-state index in [1.54, 1.807) is 10.9 Å². The average Bonchev–Trinajstić information content (AvgIpc) is 2.89. The van der Waals surface area contributed by atoms with E-state index in [2.05, 4.69) is 14.7 Å². The first-order valence-electron chi connectivity index (χ1n) is 8.29. The Bertz CT molecular complexity index is 574. The number of nitrogens with two attached hydrogens (primary N) is 1. The van der Waals surface area contributed by atoms with Crippen LogP contribution in [-0.4, -0.2) is 53.6 Å². The van der Waals surface area contributed by atoms with E-state index in [-0.39, 0.29) is 24.2 Å². The van der Waals surface area contributed by atoms with Gasteiger partial charge in [0.05, 0.1) is 49.3 Å². The Hall–Kier alpha value is -1.32. The van der Waals surface area contributed by atoms with E-state index >= 15 is 0 Å². The highest BCUT2D eigenvalue weighted by Gasteiger charge is 2.42. The summed E-state index contributed by atoms with van der Waals surface area (Å²) in [6, 6.07) is 0.650. The maximum atomic E-state index is 12.2. The van der Waals surface area contributed by atoms with Crippen molar-refractivity contribution in [3.8, 4) is 0 Å². The van der Waals surface area contributed by atoms with Gasteiger partial charge in [-0.1, -0.05) is 0 Å². The van der Waals surface area contributed by atoms with Crippen LogP contribution in [-0.2, 0) is 9.47 Å². The molecular formula is C15H21F3N4O2. The molecule has 1 saturated carbocycles. The molecule has 0 radical (unpaired) electrons. The van der Waals surface area contributed by atoms with Gasteiger partial charge in [-0.15, -0.1) is 13.2 Å². The van der Waals surface area contributed by atoms with Gasteiger partial charge in [0.2, 0.25) is 0 Å². The lowest BCUT2D eigenvalue weighted by Crippen LogP contribution is -2.59. The minimum atomic E-state index is -4.56. The zero-order valence-corrected chi connectivity index (χ0v) is 13.2. The Morgan fingerprint density at radius 2 is 1.79 bits per heavy atom. The van der Waals surface area contributed by atoms with Crippen molar-refractivity contribution < 1.29 is 22.6 Å². The Morgan fingerprint density at radius 1 is 1.12 bits per heavy atom. The molecule has 2 N–H and O–H groups in total. The van der Waals surface area contributed by atoms with Gasteiger partial charge >= 0.3 is 6.36 Å². The summed E-state index contributed by atoms with van der Waals surface area (Å²) in [4.78, 5) is 2.32. The van der Waals surface area contributed by atoms with Crippen molar-refractivity contribution in [2.24, 2.45) is 5.73 Å². The van der Waals surface area contributed by atoms with Crippen LogP contribution in [0.1, 0.15) is 31.7 Å². The summed E-state index contributed by atoms with van der Waals surface area (Å²) in [7, 11) is 0. The third-order valence-corrected chi connectivity index (χ3v) is 5.19. The molecule has 0 amide bonds. The SMILES string of the molecule is N[C@H]1CC2COC[C@H](C1)N2c1cnn(C2CC(OC(F)(F)F)C2)c1. The van der Waals surface area contributed by atoms with Gasteiger partial charge in [0.25, 0.3) is 0 Å². The van der Waals surface area contributed by atoms with E-state index in [1.165, 1.54) is 0 Å². The van der Waals surface area contributed by atoms with Crippen LogP contribution in [0.3, 0.4) is 0 Å². The summed E-state index contributed by atoms with van der Waals surface area (Å²) in [5, 5.41) is 4.36. The highest BCUT2D eigenvalue weighted by molar-refractivity contribution is 5.47. The fourth-order valence-corrected chi connectivity index (χ4v) is 4.08. The summed E-state index contributed by atoms with van der Waals surface area (Å²) >= 11 is 0. The monoisotopic (exact) mass is 346 g/mol. The van der Waals surface area contributed by atoms with Gasteiger partial charge < -0.3 is 15.4 Å². The van der Waals surface area contributed by atoms with E-state index in [0.29, 0.717) is 26.1 Å². The fourth-order valence-electron chi connectivity index (χ4n) is 4.08. The Kier molecular flexibility index (Phi) is 3.97. The van der Waals surface area contributed by atoms with Crippen LogP contribution in [0.2, 0.25) is 0 Å². The number of fused-ring (bicyclic) bond motifs is 2. The van der Waals surface area contributed by atoms with Crippen molar-refractivity contribution in [2.75, 3.05) is 18.1 Å². The van der Waals surface area contributed by atoms with Gasteiger partial charge in [0.1, 0.15) is 0 Å². The molecule has 4 rings (SSSR count). The Labute approximate surface area is 137 Å². The van der Waals surface area contributed by atoms with Gasteiger partial charge in [0.15, 0.2) is 0 Å². The molecule has 3 heterocycles. The number of anilines is 1. The van der Waals surface area contributed by atoms with Crippen molar-refractivity contribution >= 4 is 5.69 Å². The Balaban J connectivity index is 1.41. The standard InChI is InChI=1S/C15H21F3N4O2/c16-15(17,18)24-14-3-10(4-14)21-6-13(5-20-21)22-11-1-9(19)2-12(22)8-23-7-11/h5-6,9-12,14H,1-4,7-8,19H2/t9-,10?,11+,12?,14?/m1/s1. The molecule has 6 nitrogen and oxygen atoms in total. The maximum absolute atomic E-state index is 12.2. The van der Waals surface area contributed by atoms with Gasteiger partial charge in [-0.25, -0.2) is 0 Å². The van der Waals surface area contributed by atoms with E-state index < -0.39 is 12.5 Å². The molecule has 24 heavy (non-hydrogen) atoms. The molecule has 2 aliphatic heterocycles. The largest absolute Gasteiger partial charge is 0.522 e. The molecule has 2 bridgehead atoms. The van der Waals surface area contributed by atoms with Gasteiger partial charge in [-0.2, -0.15) is 5.10 Å². The molecule has 1 unspecified atom stereocenters. The lowest BCUT2D eigenvalue weighted by Gasteiger charge is -2.48. The minimum absolute atomic E-state index is 0.0331. The van der Waals surface area contributed by atoms with E-state index in [0.717, 1.165) is 18.5 Å². The number of nitrogens with zero attached hydrogens (tertiary/aromatic N) is 3. The van der Waals surface area contributed by atoms with Crippen molar-refractivity contribution in [1.82, 2.24) is 9.78 Å². The number of hydrogen-bond donors (Lipinski definition) is 1. The molecule has 0 aromatic carbocycles. The van der Waals surface area contributed by atoms with Crippen LogP contribution in [0, 0.1) is 0 Å². The second kappa shape index (κ2) is 5.89. The zero-order valence-electron chi connectivity index (χ0n) is 13.2. The van der Waals surface area contributed by atoms with Crippen LogP contribution in [0.25, 0.3) is 0 Å². The number of morpholine rings is 1.